The van der Waals surface area contributed by atoms with Crippen molar-refractivity contribution in [2.45, 2.75) is 76.9 Å². The van der Waals surface area contributed by atoms with E-state index in [9.17, 15) is 5.11 Å². The first-order valence-corrected chi connectivity index (χ1v) is 7.60. The van der Waals surface area contributed by atoms with Gasteiger partial charge in [-0.3, -0.25) is 0 Å². The predicted molar refractivity (Wildman–Crippen MR) is 72.0 cm³/mol. The van der Waals surface area contributed by atoms with Crippen LogP contribution in [0.3, 0.4) is 0 Å². The maximum Gasteiger partial charge on any atom is 0.0800 e. The zero-order chi connectivity index (χ0) is 12.3. The van der Waals surface area contributed by atoms with Gasteiger partial charge in [0.1, 0.15) is 0 Å². The fourth-order valence-corrected chi connectivity index (χ4v) is 3.69. The lowest BCUT2D eigenvalue weighted by atomic mass is 9.79. The smallest absolute Gasteiger partial charge is 0.0800 e. The van der Waals surface area contributed by atoms with Crippen LogP contribution in [-0.2, 0) is 0 Å². The van der Waals surface area contributed by atoms with Gasteiger partial charge in [-0.15, -0.1) is 0 Å². The van der Waals surface area contributed by atoms with Gasteiger partial charge in [0.15, 0.2) is 0 Å². The summed E-state index contributed by atoms with van der Waals surface area (Å²) in [4.78, 5) is 0. The lowest BCUT2D eigenvalue weighted by Crippen LogP contribution is -2.54. The molecule has 1 aliphatic carbocycles. The Morgan fingerprint density at radius 3 is 2.76 bits per heavy atom. The number of hydrogen-bond acceptors (Lipinski definition) is 2. The number of hydrogen-bond donors (Lipinski definition) is 2. The minimum Gasteiger partial charge on any atom is -0.388 e. The molecule has 1 saturated carbocycles. The second kappa shape index (κ2) is 5.71. The molecule has 0 bridgehead atoms. The molecule has 0 aromatic rings. The molecule has 1 heterocycles. The lowest BCUT2D eigenvalue weighted by molar-refractivity contribution is -0.0269. The molecule has 0 amide bonds. The monoisotopic (exact) mass is 239 g/mol. The van der Waals surface area contributed by atoms with Crippen molar-refractivity contribution in [3.63, 3.8) is 0 Å². The third kappa shape index (κ3) is 3.23. The van der Waals surface area contributed by atoms with E-state index in [1.807, 2.05) is 0 Å². The fourth-order valence-electron chi connectivity index (χ4n) is 3.69. The first kappa shape index (κ1) is 13.4. The van der Waals surface area contributed by atoms with Crippen molar-refractivity contribution in [2.75, 3.05) is 6.54 Å². The van der Waals surface area contributed by atoms with E-state index in [4.69, 9.17) is 0 Å². The molecule has 2 fully saturated rings. The summed E-state index contributed by atoms with van der Waals surface area (Å²) >= 11 is 0. The van der Waals surface area contributed by atoms with E-state index in [-0.39, 0.29) is 0 Å². The third-order valence-corrected chi connectivity index (χ3v) is 5.10. The molecule has 0 spiro atoms. The average Bonchev–Trinajstić information content (AvgIpc) is 2.52. The molecule has 0 aromatic heterocycles. The van der Waals surface area contributed by atoms with Crippen molar-refractivity contribution in [3.8, 4) is 0 Å². The fraction of sp³-hybridized carbons (Fsp3) is 1.00. The molecule has 2 rings (SSSR count). The summed E-state index contributed by atoms with van der Waals surface area (Å²) in [5.41, 5.74) is -0.418. The van der Waals surface area contributed by atoms with Gasteiger partial charge in [-0.1, -0.05) is 33.1 Å². The Morgan fingerprint density at radius 1 is 1.24 bits per heavy atom. The molecule has 0 radical (unpaired) electrons. The average molecular weight is 239 g/mol. The van der Waals surface area contributed by atoms with Crippen molar-refractivity contribution >= 4 is 0 Å². The highest BCUT2D eigenvalue weighted by molar-refractivity contribution is 4.96. The van der Waals surface area contributed by atoms with Crippen molar-refractivity contribution in [1.29, 1.82) is 0 Å². The van der Waals surface area contributed by atoms with E-state index >= 15 is 0 Å². The van der Waals surface area contributed by atoms with Crippen LogP contribution in [-0.4, -0.2) is 23.3 Å². The second-order valence-electron chi connectivity index (χ2n) is 6.45. The summed E-state index contributed by atoms with van der Waals surface area (Å²) < 4.78 is 0. The summed E-state index contributed by atoms with van der Waals surface area (Å²) in [7, 11) is 0. The van der Waals surface area contributed by atoms with Gasteiger partial charge >= 0.3 is 0 Å². The van der Waals surface area contributed by atoms with Crippen LogP contribution in [0.25, 0.3) is 0 Å². The van der Waals surface area contributed by atoms with Crippen molar-refractivity contribution in [3.05, 3.63) is 0 Å². The van der Waals surface area contributed by atoms with Crippen LogP contribution in [0, 0.1) is 11.8 Å². The molecule has 2 nitrogen and oxygen atoms in total. The van der Waals surface area contributed by atoms with Crippen LogP contribution in [0.5, 0.6) is 0 Å². The maximum atomic E-state index is 10.9. The first-order chi connectivity index (χ1) is 8.14. The second-order valence-corrected chi connectivity index (χ2v) is 6.45. The van der Waals surface area contributed by atoms with Gasteiger partial charge in [-0.2, -0.15) is 0 Å². The SMILES string of the molecule is CCC1CCCC(O)(C2CC(C)CCN2)CC1. The summed E-state index contributed by atoms with van der Waals surface area (Å²) in [6, 6.07) is 0.349. The van der Waals surface area contributed by atoms with Crippen molar-refractivity contribution in [1.82, 2.24) is 5.32 Å². The van der Waals surface area contributed by atoms with Crippen LogP contribution in [0.1, 0.15) is 65.2 Å². The molecule has 4 atom stereocenters. The van der Waals surface area contributed by atoms with E-state index in [0.29, 0.717) is 6.04 Å². The Balaban J connectivity index is 1.97. The summed E-state index contributed by atoms with van der Waals surface area (Å²) in [6.45, 7) is 5.70. The number of rotatable bonds is 2. The van der Waals surface area contributed by atoms with Gasteiger partial charge in [0.05, 0.1) is 5.60 Å². The Bertz CT molecular complexity index is 243. The van der Waals surface area contributed by atoms with Crippen molar-refractivity contribution in [2.24, 2.45) is 11.8 Å². The van der Waals surface area contributed by atoms with Crippen LogP contribution in [0.2, 0.25) is 0 Å². The van der Waals surface area contributed by atoms with Gasteiger partial charge in [0, 0.05) is 6.04 Å². The van der Waals surface area contributed by atoms with E-state index < -0.39 is 5.60 Å². The van der Waals surface area contributed by atoms with Gasteiger partial charge < -0.3 is 10.4 Å². The quantitative estimate of drug-likeness (QED) is 0.726. The van der Waals surface area contributed by atoms with Gasteiger partial charge in [-0.25, -0.2) is 0 Å². The standard InChI is InChI=1S/C15H29NO/c1-3-13-5-4-8-15(17,9-6-13)14-11-12(2)7-10-16-14/h12-14,16-17H,3-11H2,1-2H3. The zero-order valence-corrected chi connectivity index (χ0v) is 11.5. The Hall–Kier alpha value is -0.0800. The zero-order valence-electron chi connectivity index (χ0n) is 11.5. The molecule has 4 unspecified atom stereocenters. The molecular formula is C15H29NO. The summed E-state index contributed by atoms with van der Waals surface area (Å²) in [6.07, 6.45) is 9.48. The summed E-state index contributed by atoms with van der Waals surface area (Å²) in [5.74, 6) is 1.63. The third-order valence-electron chi connectivity index (χ3n) is 5.10. The molecule has 2 aliphatic rings. The van der Waals surface area contributed by atoms with E-state index in [1.54, 1.807) is 0 Å². The highest BCUT2D eigenvalue weighted by Crippen LogP contribution is 2.36. The molecule has 100 valence electrons. The van der Waals surface area contributed by atoms with E-state index in [1.165, 1.54) is 32.1 Å². The minimum absolute atomic E-state index is 0.349. The molecule has 0 aromatic carbocycles. The molecule has 1 aliphatic heterocycles. The van der Waals surface area contributed by atoms with Crippen LogP contribution < -0.4 is 5.32 Å². The minimum atomic E-state index is -0.418. The number of aliphatic hydroxyl groups is 1. The number of piperidine rings is 1. The summed E-state index contributed by atoms with van der Waals surface area (Å²) in [5, 5.41) is 14.5. The molecule has 1 saturated heterocycles. The normalized spacial score (nSPS) is 44.3. The van der Waals surface area contributed by atoms with Crippen LogP contribution in [0.4, 0.5) is 0 Å². The molecule has 2 N–H and O–H groups in total. The van der Waals surface area contributed by atoms with Crippen LogP contribution >= 0.6 is 0 Å². The van der Waals surface area contributed by atoms with E-state index in [0.717, 1.165) is 37.6 Å². The highest BCUT2D eigenvalue weighted by Gasteiger charge is 2.39. The van der Waals surface area contributed by atoms with E-state index in [2.05, 4.69) is 19.2 Å². The molecule has 2 heteroatoms. The van der Waals surface area contributed by atoms with Gasteiger partial charge in [0.25, 0.3) is 0 Å². The molecular weight excluding hydrogens is 210 g/mol. The predicted octanol–water partition coefficient (Wildman–Crippen LogP) is 3.10. The maximum absolute atomic E-state index is 10.9. The number of nitrogens with one attached hydrogen (secondary N) is 1. The van der Waals surface area contributed by atoms with Gasteiger partial charge in [-0.05, 0) is 50.5 Å². The first-order valence-electron chi connectivity index (χ1n) is 7.60. The Kier molecular flexibility index (Phi) is 4.48. The lowest BCUT2D eigenvalue weighted by Gasteiger charge is -2.40. The van der Waals surface area contributed by atoms with Crippen molar-refractivity contribution < 1.29 is 5.11 Å². The topological polar surface area (TPSA) is 32.3 Å². The van der Waals surface area contributed by atoms with Crippen LogP contribution in [0.15, 0.2) is 0 Å². The van der Waals surface area contributed by atoms with Gasteiger partial charge in [0.2, 0.25) is 0 Å². The highest BCUT2D eigenvalue weighted by atomic mass is 16.3. The Morgan fingerprint density at radius 2 is 2.06 bits per heavy atom. The largest absolute Gasteiger partial charge is 0.388 e. The Labute approximate surface area is 106 Å². The molecule has 17 heavy (non-hydrogen) atoms.